The van der Waals surface area contributed by atoms with E-state index in [9.17, 15) is 32.7 Å². The van der Waals surface area contributed by atoms with Gasteiger partial charge in [0.2, 0.25) is 12.7 Å². The van der Waals surface area contributed by atoms with Crippen molar-refractivity contribution in [2.45, 2.75) is 18.4 Å². The Morgan fingerprint density at radius 1 is 1.07 bits per heavy atom. The van der Waals surface area contributed by atoms with Gasteiger partial charge in [-0.2, -0.15) is 4.39 Å². The first-order chi connectivity index (χ1) is 21.0. The number of alkyl halides is 1. The fourth-order valence-electron chi connectivity index (χ4n) is 5.36. The first-order valence-corrected chi connectivity index (χ1v) is 14.2. The van der Waals surface area contributed by atoms with E-state index in [1.807, 2.05) is 0 Å². The van der Waals surface area contributed by atoms with Crippen molar-refractivity contribution in [3.8, 4) is 17.0 Å². The van der Waals surface area contributed by atoms with Crippen LogP contribution in [-0.4, -0.2) is 93.9 Å². The molecule has 44 heavy (non-hydrogen) atoms. The second-order valence-corrected chi connectivity index (χ2v) is 10.9. The fraction of sp³-hybridized carbons (Fsp3) is 0.379. The number of anilines is 1. The van der Waals surface area contributed by atoms with Crippen molar-refractivity contribution in [1.82, 2.24) is 24.7 Å². The molecule has 2 fully saturated rings. The molecule has 5 rings (SSSR count). The number of amides is 3. The van der Waals surface area contributed by atoms with E-state index < -0.39 is 35.8 Å². The molecule has 3 amide bonds. The van der Waals surface area contributed by atoms with Crippen LogP contribution in [0.1, 0.15) is 33.8 Å². The molecule has 3 aromatic rings. The van der Waals surface area contributed by atoms with Gasteiger partial charge < -0.3 is 34.8 Å². The molecule has 3 N–H and O–H groups in total. The predicted octanol–water partition coefficient (Wildman–Crippen LogP) is 2.98. The Bertz CT molecular complexity index is 1590. The Morgan fingerprint density at radius 2 is 1.75 bits per heavy atom. The Morgan fingerprint density at radius 3 is 2.41 bits per heavy atom. The number of ether oxygens (including phenoxy) is 1. The Hall–Kier alpha value is -4.14. The molecule has 15 heteroatoms. The molecule has 0 atom stereocenters. The smallest absolute Gasteiger partial charge is 0.291 e. The normalized spacial score (nSPS) is 16.5. The molecule has 0 spiro atoms. The summed E-state index contributed by atoms with van der Waals surface area (Å²) in [6.45, 7) is 0.903. The van der Waals surface area contributed by atoms with E-state index in [2.05, 4.69) is 20.4 Å². The number of aliphatic hydroxyl groups is 1. The Labute approximate surface area is 255 Å². The van der Waals surface area contributed by atoms with Gasteiger partial charge in [-0.3, -0.25) is 14.4 Å². The van der Waals surface area contributed by atoms with Gasteiger partial charge >= 0.3 is 0 Å². The van der Waals surface area contributed by atoms with Crippen molar-refractivity contribution in [2.24, 2.45) is 7.05 Å². The van der Waals surface area contributed by atoms with Crippen molar-refractivity contribution >= 4 is 35.0 Å². The van der Waals surface area contributed by atoms with Gasteiger partial charge in [0.25, 0.3) is 17.7 Å². The lowest BCUT2D eigenvalue weighted by Crippen LogP contribution is -2.59. The van der Waals surface area contributed by atoms with Gasteiger partial charge in [0.15, 0.2) is 17.4 Å². The van der Waals surface area contributed by atoms with E-state index in [4.69, 9.17) is 11.6 Å². The van der Waals surface area contributed by atoms with Gasteiger partial charge in [0.05, 0.1) is 22.5 Å². The molecular weight excluding hydrogens is 605 g/mol. The maximum absolute atomic E-state index is 14.6. The van der Waals surface area contributed by atoms with Gasteiger partial charge in [0.1, 0.15) is 5.60 Å². The minimum Gasteiger partial charge on any atom is -0.460 e. The zero-order valence-electron chi connectivity index (χ0n) is 23.7. The van der Waals surface area contributed by atoms with Crippen LogP contribution < -0.4 is 15.4 Å². The number of hydrogen-bond donors (Lipinski definition) is 3. The molecule has 0 saturated carbocycles. The van der Waals surface area contributed by atoms with Crippen LogP contribution in [0.5, 0.6) is 5.75 Å². The minimum absolute atomic E-state index is 0.0870. The number of piperidine rings is 1. The van der Waals surface area contributed by atoms with Crippen LogP contribution in [0.4, 0.5) is 18.9 Å². The van der Waals surface area contributed by atoms with Gasteiger partial charge in [-0.05, 0) is 56.3 Å². The lowest BCUT2D eigenvalue weighted by Gasteiger charge is -2.40. The van der Waals surface area contributed by atoms with Crippen molar-refractivity contribution in [1.29, 1.82) is 0 Å². The molecule has 3 heterocycles. The second-order valence-electron chi connectivity index (χ2n) is 10.5. The zero-order chi connectivity index (χ0) is 31.6. The third-order valence-corrected chi connectivity index (χ3v) is 8.18. The number of nitrogens with zero attached hydrogens (tertiary/aromatic N) is 4. The van der Waals surface area contributed by atoms with Crippen molar-refractivity contribution < 1.29 is 37.4 Å². The highest BCUT2D eigenvalue weighted by Crippen LogP contribution is 2.31. The highest BCUT2D eigenvalue weighted by molar-refractivity contribution is 6.34. The summed E-state index contributed by atoms with van der Waals surface area (Å²) in [7, 11) is 1.44. The fourth-order valence-corrected chi connectivity index (χ4v) is 5.62. The highest BCUT2D eigenvalue weighted by atomic mass is 35.5. The third-order valence-electron chi connectivity index (χ3n) is 7.86. The summed E-state index contributed by atoms with van der Waals surface area (Å²) < 4.78 is 47.0. The largest absolute Gasteiger partial charge is 0.460 e. The third kappa shape index (κ3) is 6.10. The van der Waals surface area contributed by atoms with E-state index in [1.165, 1.54) is 42.1 Å². The number of carbonyl (C=O) groups is 3. The van der Waals surface area contributed by atoms with Crippen LogP contribution in [-0.2, 0) is 11.8 Å². The quantitative estimate of drug-likeness (QED) is 0.365. The summed E-state index contributed by atoms with van der Waals surface area (Å²) >= 11 is 6.42. The molecule has 2 aliphatic heterocycles. The van der Waals surface area contributed by atoms with Crippen LogP contribution in [0.15, 0.2) is 36.5 Å². The van der Waals surface area contributed by atoms with Crippen LogP contribution >= 0.6 is 11.6 Å². The van der Waals surface area contributed by atoms with Crippen LogP contribution in [0.2, 0.25) is 5.02 Å². The summed E-state index contributed by atoms with van der Waals surface area (Å²) in [5.74, 6) is -4.70. The average Bonchev–Trinajstić information content (AvgIpc) is 3.40. The minimum atomic E-state index is -1.39. The Kier molecular flexibility index (Phi) is 9.13. The number of nitrogens with one attached hydrogen (secondary N) is 2. The van der Waals surface area contributed by atoms with E-state index in [-0.39, 0.29) is 71.3 Å². The maximum atomic E-state index is 14.6. The molecule has 2 aromatic carbocycles. The van der Waals surface area contributed by atoms with Gasteiger partial charge in [-0.1, -0.05) is 11.6 Å². The summed E-state index contributed by atoms with van der Waals surface area (Å²) in [5, 5.41) is 16.6. The van der Waals surface area contributed by atoms with Crippen LogP contribution in [0, 0.1) is 11.6 Å². The monoisotopic (exact) mass is 634 g/mol. The zero-order valence-corrected chi connectivity index (χ0v) is 24.5. The molecule has 234 valence electrons. The Balaban J connectivity index is 1.22. The number of carbonyl (C=O) groups excluding carboxylic acids is 3. The van der Waals surface area contributed by atoms with Crippen molar-refractivity contribution in [3.05, 3.63) is 64.6 Å². The van der Waals surface area contributed by atoms with Gasteiger partial charge in [-0.15, -0.1) is 0 Å². The number of rotatable bonds is 7. The summed E-state index contributed by atoms with van der Waals surface area (Å²) in [6.07, 6.45) is 1.88. The molecule has 0 radical (unpaired) electrons. The van der Waals surface area contributed by atoms with Crippen molar-refractivity contribution in [2.75, 3.05) is 51.4 Å². The first-order valence-electron chi connectivity index (χ1n) is 13.9. The lowest BCUT2D eigenvalue weighted by atomic mass is 9.90. The number of imidazole rings is 1. The van der Waals surface area contributed by atoms with Crippen LogP contribution in [0.25, 0.3) is 11.3 Å². The number of benzene rings is 2. The SMILES string of the molecule is Cn1c(-c2ccc(OCF)c(F)c2F)cnc1C(=O)Nc1ccc(C(=O)N2CCN(C(=O)C3(O)CCNCC3)CC2)c(Cl)c1. The lowest BCUT2D eigenvalue weighted by molar-refractivity contribution is -0.155. The molecule has 1 aromatic heterocycles. The predicted molar refractivity (Wildman–Crippen MR) is 154 cm³/mol. The molecular formula is C29H30ClF3N6O5. The topological polar surface area (TPSA) is 129 Å². The van der Waals surface area contributed by atoms with Gasteiger partial charge in [0, 0.05) is 44.5 Å². The van der Waals surface area contributed by atoms with Gasteiger partial charge in [-0.25, -0.2) is 13.8 Å². The van der Waals surface area contributed by atoms with Crippen molar-refractivity contribution in [3.63, 3.8) is 0 Å². The average molecular weight is 635 g/mol. The maximum Gasteiger partial charge on any atom is 0.291 e. The molecule has 0 bridgehead atoms. The summed E-state index contributed by atoms with van der Waals surface area (Å²) in [5.41, 5.74) is -1.04. The molecule has 0 aliphatic carbocycles. The molecule has 2 saturated heterocycles. The van der Waals surface area contributed by atoms with E-state index in [1.54, 1.807) is 9.80 Å². The first kappa shape index (κ1) is 31.3. The van der Waals surface area contributed by atoms with E-state index >= 15 is 0 Å². The molecule has 2 aliphatic rings. The summed E-state index contributed by atoms with van der Waals surface area (Å²) in [4.78, 5) is 46.3. The highest BCUT2D eigenvalue weighted by Gasteiger charge is 2.41. The van der Waals surface area contributed by atoms with E-state index in [0.29, 0.717) is 25.9 Å². The molecule has 11 nitrogen and oxygen atoms in total. The molecule has 0 unspecified atom stereocenters. The number of hydrogen-bond acceptors (Lipinski definition) is 7. The number of halogens is 4. The number of aromatic nitrogens is 2. The number of piperazine rings is 1. The standard InChI is InChI=1S/C29H30ClF3N6O5/c1-37-21(19-4-5-22(44-16-31)24(33)23(19)32)15-35-25(37)26(40)36-17-2-3-18(20(30)14-17)27(41)38-10-12-39(13-11-38)28(42)29(43)6-8-34-9-7-29/h2-5,14-15,34,43H,6-13,16H2,1H3,(H,36,40). The van der Waals surface area contributed by atoms with E-state index in [0.717, 1.165) is 6.07 Å². The summed E-state index contributed by atoms with van der Waals surface area (Å²) in [6, 6.07) is 6.63. The van der Waals surface area contributed by atoms with Crippen LogP contribution in [0.3, 0.4) is 0 Å². The second kappa shape index (κ2) is 12.8.